The number of rotatable bonds is 8. The summed E-state index contributed by atoms with van der Waals surface area (Å²) in [6.07, 6.45) is 5.21. The molecule has 5 nitrogen and oxygen atoms in total. The molecule has 0 aromatic rings. The molecule has 3 unspecified atom stereocenters. The molecule has 0 spiro atoms. The van der Waals surface area contributed by atoms with Crippen LogP contribution in [0.15, 0.2) is 0 Å². The third-order valence-electron chi connectivity index (χ3n) is 3.50. The minimum atomic E-state index is -0.810. The number of hydrogen-bond acceptors (Lipinski definition) is 4. The van der Waals surface area contributed by atoms with E-state index in [9.17, 15) is 4.79 Å². The zero-order chi connectivity index (χ0) is 14.3. The Kier molecular flexibility index (Phi) is 7.34. The van der Waals surface area contributed by atoms with Crippen molar-refractivity contribution >= 4 is 5.97 Å². The molecule has 0 amide bonds. The Morgan fingerprint density at radius 2 is 2.05 bits per heavy atom. The topological polar surface area (TPSA) is 67.8 Å². The number of ether oxygens (including phenoxy) is 2. The van der Waals surface area contributed by atoms with Crippen LogP contribution in [0.5, 0.6) is 0 Å². The summed E-state index contributed by atoms with van der Waals surface area (Å²) in [6.45, 7) is 4.38. The van der Waals surface area contributed by atoms with E-state index < -0.39 is 12.0 Å². The average Bonchev–Trinajstić information content (AvgIpc) is 2.37. The number of hydrogen-bond donors (Lipinski definition) is 2. The van der Waals surface area contributed by atoms with E-state index in [1.807, 2.05) is 13.8 Å². The zero-order valence-electron chi connectivity index (χ0n) is 12.2. The number of carbonyl (C=O) groups is 1. The standard InChI is InChI=1S/C14H27NO4/c1-10(2)15-13(14(16)17)7-8-19-12-6-4-5-11(9-12)18-3/h10-13,15H,4-9H2,1-3H3,(H,16,17). The summed E-state index contributed by atoms with van der Waals surface area (Å²) in [6, 6.07) is -0.365. The first-order valence-corrected chi connectivity index (χ1v) is 7.16. The highest BCUT2D eigenvalue weighted by Gasteiger charge is 2.23. The minimum Gasteiger partial charge on any atom is -0.480 e. The van der Waals surface area contributed by atoms with Crippen molar-refractivity contribution in [3.05, 3.63) is 0 Å². The van der Waals surface area contributed by atoms with Gasteiger partial charge in [-0.1, -0.05) is 13.8 Å². The molecule has 0 aromatic heterocycles. The second-order valence-corrected chi connectivity index (χ2v) is 5.52. The maximum atomic E-state index is 11.1. The van der Waals surface area contributed by atoms with Gasteiger partial charge in [-0.05, 0) is 32.1 Å². The van der Waals surface area contributed by atoms with Crippen LogP contribution in [0.1, 0.15) is 46.0 Å². The summed E-state index contributed by atoms with van der Waals surface area (Å²) in [5, 5.41) is 12.1. The second kappa shape index (κ2) is 8.51. The van der Waals surface area contributed by atoms with E-state index in [-0.39, 0.29) is 12.1 Å². The molecular weight excluding hydrogens is 246 g/mol. The van der Waals surface area contributed by atoms with Gasteiger partial charge in [0.1, 0.15) is 6.04 Å². The molecule has 1 saturated carbocycles. The molecule has 1 aliphatic rings. The fourth-order valence-corrected chi connectivity index (χ4v) is 2.50. The molecule has 1 aliphatic carbocycles. The molecule has 0 bridgehead atoms. The second-order valence-electron chi connectivity index (χ2n) is 5.52. The number of methoxy groups -OCH3 is 1. The lowest BCUT2D eigenvalue weighted by Crippen LogP contribution is -2.42. The Hall–Kier alpha value is -0.650. The van der Waals surface area contributed by atoms with E-state index in [2.05, 4.69) is 5.32 Å². The molecule has 19 heavy (non-hydrogen) atoms. The lowest BCUT2D eigenvalue weighted by Gasteiger charge is -2.28. The molecule has 0 aliphatic heterocycles. The van der Waals surface area contributed by atoms with Gasteiger partial charge in [0.15, 0.2) is 0 Å². The number of carboxylic acids is 1. The average molecular weight is 273 g/mol. The van der Waals surface area contributed by atoms with Crippen LogP contribution in [0.3, 0.4) is 0 Å². The van der Waals surface area contributed by atoms with Crippen LogP contribution in [0.2, 0.25) is 0 Å². The smallest absolute Gasteiger partial charge is 0.320 e. The largest absolute Gasteiger partial charge is 0.480 e. The van der Waals surface area contributed by atoms with Crippen LogP contribution in [0.25, 0.3) is 0 Å². The maximum absolute atomic E-state index is 11.1. The first-order valence-electron chi connectivity index (χ1n) is 7.16. The maximum Gasteiger partial charge on any atom is 0.320 e. The van der Waals surface area contributed by atoms with Crippen LogP contribution in [0.4, 0.5) is 0 Å². The third-order valence-corrected chi connectivity index (χ3v) is 3.50. The molecular formula is C14H27NO4. The summed E-state index contributed by atoms with van der Waals surface area (Å²) in [7, 11) is 1.74. The fraction of sp³-hybridized carbons (Fsp3) is 0.929. The number of nitrogens with one attached hydrogen (secondary N) is 1. The van der Waals surface area contributed by atoms with Gasteiger partial charge in [-0.15, -0.1) is 0 Å². The van der Waals surface area contributed by atoms with Crippen LogP contribution < -0.4 is 5.32 Å². The molecule has 0 radical (unpaired) electrons. The molecule has 1 fully saturated rings. The van der Waals surface area contributed by atoms with Crippen molar-refractivity contribution in [2.75, 3.05) is 13.7 Å². The van der Waals surface area contributed by atoms with Crippen molar-refractivity contribution in [2.24, 2.45) is 0 Å². The first-order chi connectivity index (χ1) is 9.02. The van der Waals surface area contributed by atoms with Crippen LogP contribution in [-0.4, -0.2) is 49.1 Å². The molecule has 5 heteroatoms. The normalized spacial score (nSPS) is 25.5. The van der Waals surface area contributed by atoms with E-state index in [0.717, 1.165) is 25.7 Å². The Morgan fingerprint density at radius 3 is 2.63 bits per heavy atom. The van der Waals surface area contributed by atoms with E-state index in [4.69, 9.17) is 14.6 Å². The highest BCUT2D eigenvalue weighted by Crippen LogP contribution is 2.23. The van der Waals surface area contributed by atoms with Crippen LogP contribution in [-0.2, 0) is 14.3 Å². The highest BCUT2D eigenvalue weighted by atomic mass is 16.5. The van der Waals surface area contributed by atoms with Crippen molar-refractivity contribution < 1.29 is 19.4 Å². The van der Waals surface area contributed by atoms with Gasteiger partial charge in [0.2, 0.25) is 0 Å². The van der Waals surface area contributed by atoms with Crippen molar-refractivity contribution in [3.63, 3.8) is 0 Å². The SMILES string of the molecule is COC1CCCC(OCCC(NC(C)C)C(=O)O)C1. The lowest BCUT2D eigenvalue weighted by molar-refractivity contribution is -0.140. The van der Waals surface area contributed by atoms with Gasteiger partial charge in [-0.3, -0.25) is 4.79 Å². The van der Waals surface area contributed by atoms with Gasteiger partial charge in [0, 0.05) is 19.8 Å². The van der Waals surface area contributed by atoms with Crippen LogP contribution in [0, 0.1) is 0 Å². The van der Waals surface area contributed by atoms with Gasteiger partial charge in [0.05, 0.1) is 12.2 Å². The Balaban J connectivity index is 2.25. The van der Waals surface area contributed by atoms with Crippen molar-refractivity contribution in [1.29, 1.82) is 0 Å². The lowest BCUT2D eigenvalue weighted by atomic mass is 9.95. The summed E-state index contributed by atoms with van der Waals surface area (Å²) < 4.78 is 11.1. The minimum absolute atomic E-state index is 0.161. The van der Waals surface area contributed by atoms with Gasteiger partial charge in [-0.2, -0.15) is 0 Å². The Morgan fingerprint density at radius 1 is 1.37 bits per heavy atom. The van der Waals surface area contributed by atoms with Crippen molar-refractivity contribution in [1.82, 2.24) is 5.32 Å². The van der Waals surface area contributed by atoms with Crippen LogP contribution >= 0.6 is 0 Å². The highest BCUT2D eigenvalue weighted by molar-refractivity contribution is 5.73. The van der Waals surface area contributed by atoms with Crippen molar-refractivity contribution in [3.8, 4) is 0 Å². The predicted octanol–water partition coefficient (Wildman–Crippen LogP) is 1.80. The summed E-state index contributed by atoms with van der Waals surface area (Å²) in [4.78, 5) is 11.1. The fourth-order valence-electron chi connectivity index (χ4n) is 2.50. The van der Waals surface area contributed by atoms with Gasteiger partial charge < -0.3 is 19.9 Å². The van der Waals surface area contributed by atoms with Crippen molar-refractivity contribution in [2.45, 2.75) is 70.2 Å². The molecule has 2 N–H and O–H groups in total. The predicted molar refractivity (Wildman–Crippen MR) is 73.3 cm³/mol. The molecule has 0 heterocycles. The first kappa shape index (κ1) is 16.4. The number of carboxylic acid groups (broad SMARTS) is 1. The monoisotopic (exact) mass is 273 g/mol. The quantitative estimate of drug-likeness (QED) is 0.706. The zero-order valence-corrected chi connectivity index (χ0v) is 12.2. The Labute approximate surface area is 115 Å². The summed E-state index contributed by atoms with van der Waals surface area (Å²) in [5.41, 5.74) is 0. The van der Waals surface area contributed by atoms with Gasteiger partial charge in [0.25, 0.3) is 0 Å². The van der Waals surface area contributed by atoms with E-state index in [1.165, 1.54) is 0 Å². The Bertz CT molecular complexity index is 270. The summed E-state index contributed by atoms with van der Waals surface area (Å²) >= 11 is 0. The van der Waals surface area contributed by atoms with Gasteiger partial charge >= 0.3 is 5.97 Å². The molecule has 0 aromatic carbocycles. The third kappa shape index (κ3) is 6.36. The molecule has 112 valence electrons. The summed E-state index contributed by atoms with van der Waals surface area (Å²) in [5.74, 6) is -0.810. The van der Waals surface area contributed by atoms with E-state index in [0.29, 0.717) is 19.1 Å². The molecule has 1 rings (SSSR count). The van der Waals surface area contributed by atoms with E-state index in [1.54, 1.807) is 7.11 Å². The molecule has 0 saturated heterocycles. The van der Waals surface area contributed by atoms with E-state index >= 15 is 0 Å². The van der Waals surface area contributed by atoms with Gasteiger partial charge in [-0.25, -0.2) is 0 Å². The number of aliphatic carboxylic acids is 1. The molecule has 3 atom stereocenters.